The molecule has 7 heteroatoms. The molecule has 1 aromatic carbocycles. The lowest BCUT2D eigenvalue weighted by Gasteiger charge is -2.31. The fourth-order valence-electron chi connectivity index (χ4n) is 3.59. The van der Waals surface area contributed by atoms with E-state index in [0.29, 0.717) is 5.92 Å². The Bertz CT molecular complexity index is 717. The quantitative estimate of drug-likeness (QED) is 0.244. The molecule has 0 aliphatic carbocycles. The Morgan fingerprint density at radius 2 is 2.10 bits per heavy atom. The second-order valence-electron chi connectivity index (χ2n) is 7.40. The molecule has 1 fully saturated rings. The minimum absolute atomic E-state index is 0. The fourth-order valence-corrected chi connectivity index (χ4v) is 3.59. The van der Waals surface area contributed by atoms with Crippen molar-refractivity contribution < 1.29 is 4.74 Å². The second kappa shape index (κ2) is 12.8. The number of benzene rings is 1. The van der Waals surface area contributed by atoms with Crippen LogP contribution in [0.2, 0.25) is 0 Å². The first-order valence-electron chi connectivity index (χ1n) is 10.4. The number of halogens is 1. The summed E-state index contributed by atoms with van der Waals surface area (Å²) >= 11 is 0. The van der Waals surface area contributed by atoms with Crippen LogP contribution in [0, 0.1) is 12.8 Å². The highest BCUT2D eigenvalue weighted by atomic mass is 127. The molecule has 0 amide bonds. The maximum absolute atomic E-state index is 6.13. The van der Waals surface area contributed by atoms with Crippen molar-refractivity contribution in [1.29, 1.82) is 0 Å². The number of imidazole rings is 1. The van der Waals surface area contributed by atoms with E-state index in [-0.39, 0.29) is 30.1 Å². The van der Waals surface area contributed by atoms with E-state index >= 15 is 0 Å². The van der Waals surface area contributed by atoms with Gasteiger partial charge in [0.1, 0.15) is 0 Å². The molecule has 1 aliphatic rings. The number of aryl methyl sites for hydroxylation is 2. The highest BCUT2D eigenvalue weighted by molar-refractivity contribution is 14.0. The predicted octanol–water partition coefficient (Wildman–Crippen LogP) is 3.92. The van der Waals surface area contributed by atoms with Crippen LogP contribution in [0.15, 0.2) is 48.0 Å². The van der Waals surface area contributed by atoms with Gasteiger partial charge in [-0.2, -0.15) is 0 Å². The maximum Gasteiger partial charge on any atom is 0.191 e. The van der Waals surface area contributed by atoms with E-state index in [9.17, 15) is 0 Å². The van der Waals surface area contributed by atoms with Crippen LogP contribution >= 0.6 is 24.0 Å². The van der Waals surface area contributed by atoms with Gasteiger partial charge in [0.15, 0.2) is 5.96 Å². The zero-order valence-corrected chi connectivity index (χ0v) is 19.8. The van der Waals surface area contributed by atoms with E-state index in [2.05, 4.69) is 58.3 Å². The zero-order valence-electron chi connectivity index (χ0n) is 17.5. The van der Waals surface area contributed by atoms with Crippen molar-refractivity contribution in [2.75, 3.05) is 26.2 Å². The smallest absolute Gasteiger partial charge is 0.191 e. The minimum Gasteiger partial charge on any atom is -0.373 e. The van der Waals surface area contributed by atoms with Crippen LogP contribution in [0.4, 0.5) is 0 Å². The van der Waals surface area contributed by atoms with Crippen LogP contribution < -0.4 is 10.6 Å². The molecule has 3 rings (SSSR count). The third-order valence-electron chi connectivity index (χ3n) is 5.12. The first kappa shape index (κ1) is 23.7. The van der Waals surface area contributed by atoms with Crippen molar-refractivity contribution in [2.24, 2.45) is 10.9 Å². The molecule has 1 saturated heterocycles. The number of ether oxygens (including phenoxy) is 1. The molecule has 2 atom stereocenters. The van der Waals surface area contributed by atoms with E-state index < -0.39 is 0 Å². The number of guanidine groups is 1. The molecule has 2 heterocycles. The Morgan fingerprint density at radius 3 is 2.83 bits per heavy atom. The summed E-state index contributed by atoms with van der Waals surface area (Å²) in [5.41, 5.74) is 2.55. The van der Waals surface area contributed by atoms with Crippen LogP contribution in [0.1, 0.15) is 43.4 Å². The molecule has 2 N–H and O–H groups in total. The maximum atomic E-state index is 6.13. The molecule has 0 radical (unpaired) electrons. The Hall–Kier alpha value is -1.61. The summed E-state index contributed by atoms with van der Waals surface area (Å²) in [6.07, 6.45) is 9.09. The van der Waals surface area contributed by atoms with Gasteiger partial charge in [0.2, 0.25) is 0 Å². The summed E-state index contributed by atoms with van der Waals surface area (Å²) in [6, 6.07) is 8.72. The van der Waals surface area contributed by atoms with Gasteiger partial charge in [-0.25, -0.2) is 4.98 Å². The number of nitrogens with one attached hydrogen (secondary N) is 2. The normalized spacial score (nSPS) is 19.4. The fraction of sp³-hybridized carbons (Fsp3) is 0.545. The van der Waals surface area contributed by atoms with E-state index in [1.807, 2.05) is 18.7 Å². The minimum atomic E-state index is 0. The lowest BCUT2D eigenvalue weighted by Crippen LogP contribution is -2.38. The number of nitrogens with zero attached hydrogens (tertiary/aromatic N) is 3. The molecule has 2 aromatic rings. The Morgan fingerprint density at radius 1 is 1.28 bits per heavy atom. The molecule has 0 spiro atoms. The number of aliphatic imine (C=N–C) groups is 1. The van der Waals surface area contributed by atoms with Crippen molar-refractivity contribution in [2.45, 2.75) is 45.8 Å². The van der Waals surface area contributed by atoms with Gasteiger partial charge in [-0.1, -0.05) is 29.8 Å². The lowest BCUT2D eigenvalue weighted by atomic mass is 9.89. The molecule has 2 unspecified atom stereocenters. The van der Waals surface area contributed by atoms with Crippen molar-refractivity contribution in [3.05, 3.63) is 54.1 Å². The number of rotatable bonds is 8. The Kier molecular flexibility index (Phi) is 10.5. The molecule has 0 bridgehead atoms. The van der Waals surface area contributed by atoms with E-state index in [1.54, 1.807) is 0 Å². The average molecular weight is 511 g/mol. The molecule has 160 valence electrons. The first-order valence-corrected chi connectivity index (χ1v) is 10.4. The van der Waals surface area contributed by atoms with Gasteiger partial charge in [-0.05, 0) is 38.7 Å². The summed E-state index contributed by atoms with van der Waals surface area (Å²) in [5, 5.41) is 6.81. The molecule has 0 saturated carbocycles. The Balaban J connectivity index is 0.00000300. The monoisotopic (exact) mass is 511 g/mol. The van der Waals surface area contributed by atoms with Crippen LogP contribution in [-0.4, -0.2) is 41.8 Å². The van der Waals surface area contributed by atoms with Crippen LogP contribution in [0.25, 0.3) is 0 Å². The molecule has 1 aliphatic heterocycles. The molecule has 29 heavy (non-hydrogen) atoms. The molecular formula is C22H34IN5O. The van der Waals surface area contributed by atoms with E-state index in [4.69, 9.17) is 9.73 Å². The van der Waals surface area contributed by atoms with Gasteiger partial charge in [0, 0.05) is 51.1 Å². The molecular weight excluding hydrogens is 477 g/mol. The third kappa shape index (κ3) is 7.62. The van der Waals surface area contributed by atoms with Crippen LogP contribution in [0.3, 0.4) is 0 Å². The summed E-state index contributed by atoms with van der Waals surface area (Å²) in [7, 11) is 0. The van der Waals surface area contributed by atoms with Gasteiger partial charge < -0.3 is 19.9 Å². The first-order chi connectivity index (χ1) is 13.8. The SMILES string of the molecule is CCNC(=NCC1CCCOC1c1ccc(C)cc1)NCCCn1ccnc1.I. The summed E-state index contributed by atoms with van der Waals surface area (Å²) < 4.78 is 8.22. The Labute approximate surface area is 191 Å². The third-order valence-corrected chi connectivity index (χ3v) is 5.12. The highest BCUT2D eigenvalue weighted by Crippen LogP contribution is 2.33. The van der Waals surface area contributed by atoms with Crippen LogP contribution in [0.5, 0.6) is 0 Å². The van der Waals surface area contributed by atoms with Gasteiger partial charge in [-0.15, -0.1) is 24.0 Å². The predicted molar refractivity (Wildman–Crippen MR) is 129 cm³/mol. The molecule has 1 aromatic heterocycles. The summed E-state index contributed by atoms with van der Waals surface area (Å²) in [5.74, 6) is 1.30. The lowest BCUT2D eigenvalue weighted by molar-refractivity contribution is -0.0250. The summed E-state index contributed by atoms with van der Waals surface area (Å²) in [4.78, 5) is 8.94. The number of aromatic nitrogens is 2. The van der Waals surface area contributed by atoms with Crippen molar-refractivity contribution in [1.82, 2.24) is 20.2 Å². The zero-order chi connectivity index (χ0) is 19.6. The summed E-state index contributed by atoms with van der Waals surface area (Å²) in [6.45, 7) is 8.53. The van der Waals surface area contributed by atoms with Crippen molar-refractivity contribution in [3.63, 3.8) is 0 Å². The highest BCUT2D eigenvalue weighted by Gasteiger charge is 2.27. The standard InChI is InChI=1S/C22H33N5O.HI/c1-3-24-22(25-11-5-13-27-14-12-23-17-27)26-16-20-6-4-15-28-21(20)19-9-7-18(2)8-10-19;/h7-10,12,14,17,20-21H,3-6,11,13,15-16H2,1-2H3,(H2,24,25,26);1H. The van der Waals surface area contributed by atoms with Gasteiger partial charge in [0.05, 0.1) is 12.4 Å². The van der Waals surface area contributed by atoms with Crippen molar-refractivity contribution in [3.8, 4) is 0 Å². The number of hydrogen-bond donors (Lipinski definition) is 2. The van der Waals surface area contributed by atoms with Gasteiger partial charge in [-0.3, -0.25) is 4.99 Å². The van der Waals surface area contributed by atoms with Crippen molar-refractivity contribution >= 4 is 29.9 Å². The molecule has 6 nitrogen and oxygen atoms in total. The topological polar surface area (TPSA) is 63.5 Å². The van der Waals surface area contributed by atoms with Gasteiger partial charge >= 0.3 is 0 Å². The van der Waals surface area contributed by atoms with Crippen LogP contribution in [-0.2, 0) is 11.3 Å². The number of hydrogen-bond acceptors (Lipinski definition) is 3. The largest absolute Gasteiger partial charge is 0.373 e. The van der Waals surface area contributed by atoms with E-state index in [1.165, 1.54) is 11.1 Å². The average Bonchev–Trinajstić information content (AvgIpc) is 3.24. The van der Waals surface area contributed by atoms with Gasteiger partial charge in [0.25, 0.3) is 0 Å². The van der Waals surface area contributed by atoms with E-state index in [0.717, 1.165) is 58.0 Å². The second-order valence-corrected chi connectivity index (χ2v) is 7.40.